The molecule has 2 aromatic rings. The Morgan fingerprint density at radius 3 is 3.00 bits per heavy atom. The van der Waals surface area contributed by atoms with Gasteiger partial charge in [-0.15, -0.1) is 17.8 Å². The summed E-state index contributed by atoms with van der Waals surface area (Å²) in [5, 5.41) is 2.80. The Hall–Kier alpha value is -2.06. The number of hydrogen-bond acceptors (Lipinski definition) is 3. The third-order valence-corrected chi connectivity index (χ3v) is 3.43. The number of nitrogens with one attached hydrogen (secondary N) is 1. The number of carbonyl (C=O) groups excluding carboxylic acids is 1. The Kier molecular flexibility index (Phi) is 2.98. The number of thiophene rings is 1. The van der Waals surface area contributed by atoms with Crippen LogP contribution in [0, 0.1) is 18.2 Å². The van der Waals surface area contributed by atoms with Crippen molar-refractivity contribution in [1.82, 2.24) is 5.32 Å². The molecule has 0 aliphatic rings. The van der Waals surface area contributed by atoms with Gasteiger partial charge in [0.05, 0.1) is 17.6 Å². The molecule has 17 heavy (non-hydrogen) atoms. The van der Waals surface area contributed by atoms with Gasteiger partial charge < -0.3 is 11.1 Å². The van der Waals surface area contributed by atoms with Crippen molar-refractivity contribution in [3.05, 3.63) is 28.9 Å². The molecule has 1 aromatic heterocycles. The zero-order valence-electron chi connectivity index (χ0n) is 8.79. The molecule has 1 heterocycles. The molecule has 86 valence electrons. The Balaban J connectivity index is 2.50. The summed E-state index contributed by atoms with van der Waals surface area (Å²) in [5.41, 5.74) is 5.93. The highest BCUT2D eigenvalue weighted by Crippen LogP contribution is 2.35. The Morgan fingerprint density at radius 1 is 1.59 bits per heavy atom. The highest BCUT2D eigenvalue weighted by molar-refractivity contribution is 7.21. The number of amides is 1. The van der Waals surface area contributed by atoms with Gasteiger partial charge >= 0.3 is 0 Å². The van der Waals surface area contributed by atoms with Crippen LogP contribution in [0.2, 0.25) is 0 Å². The number of terminal acetylenes is 1. The predicted octanol–water partition coefficient (Wildman–Crippen LogP) is 1.99. The van der Waals surface area contributed by atoms with Gasteiger partial charge in [0.2, 0.25) is 0 Å². The van der Waals surface area contributed by atoms with Crippen molar-refractivity contribution in [3.63, 3.8) is 0 Å². The van der Waals surface area contributed by atoms with Gasteiger partial charge in [-0.2, -0.15) is 0 Å². The third-order valence-electron chi connectivity index (χ3n) is 2.26. The molecule has 0 aliphatic heterocycles. The third kappa shape index (κ3) is 1.95. The second kappa shape index (κ2) is 4.44. The fourth-order valence-electron chi connectivity index (χ4n) is 1.51. The summed E-state index contributed by atoms with van der Waals surface area (Å²) in [7, 11) is 0. The second-order valence-corrected chi connectivity index (χ2v) is 4.40. The van der Waals surface area contributed by atoms with Gasteiger partial charge in [0, 0.05) is 4.70 Å². The molecule has 0 bridgehead atoms. The molecular weight excluding hydrogens is 239 g/mol. The zero-order chi connectivity index (χ0) is 12.4. The van der Waals surface area contributed by atoms with E-state index in [2.05, 4.69) is 11.2 Å². The van der Waals surface area contributed by atoms with Crippen LogP contribution in [-0.2, 0) is 0 Å². The first-order valence-electron chi connectivity index (χ1n) is 4.83. The van der Waals surface area contributed by atoms with Gasteiger partial charge in [-0.3, -0.25) is 4.79 Å². The van der Waals surface area contributed by atoms with Crippen molar-refractivity contribution >= 4 is 33.0 Å². The number of halogens is 1. The maximum atomic E-state index is 13.5. The van der Waals surface area contributed by atoms with Crippen LogP contribution < -0.4 is 11.1 Å². The highest BCUT2D eigenvalue weighted by atomic mass is 32.1. The van der Waals surface area contributed by atoms with E-state index in [4.69, 9.17) is 12.2 Å². The van der Waals surface area contributed by atoms with Crippen molar-refractivity contribution in [2.24, 2.45) is 0 Å². The molecule has 0 aliphatic carbocycles. The van der Waals surface area contributed by atoms with Crippen LogP contribution in [-0.4, -0.2) is 12.5 Å². The van der Waals surface area contributed by atoms with Gasteiger partial charge in [0.1, 0.15) is 10.7 Å². The lowest BCUT2D eigenvalue weighted by atomic mass is 10.2. The van der Waals surface area contributed by atoms with Crippen molar-refractivity contribution < 1.29 is 9.18 Å². The monoisotopic (exact) mass is 248 g/mol. The summed E-state index contributed by atoms with van der Waals surface area (Å²) < 4.78 is 14.2. The van der Waals surface area contributed by atoms with Crippen molar-refractivity contribution in [3.8, 4) is 12.3 Å². The standard InChI is InChI=1S/C12H9FN2OS/c1-2-6-15-12(16)11-10(14)9-7(13)4-3-5-8(9)17-11/h1,3-5H,6,14H2,(H,15,16). The fourth-order valence-corrected chi connectivity index (χ4v) is 2.56. The first-order chi connectivity index (χ1) is 8.15. The summed E-state index contributed by atoms with van der Waals surface area (Å²) in [4.78, 5) is 12.0. The van der Waals surface area contributed by atoms with E-state index in [1.54, 1.807) is 12.1 Å². The van der Waals surface area contributed by atoms with Crippen molar-refractivity contribution in [1.29, 1.82) is 0 Å². The molecule has 2 rings (SSSR count). The second-order valence-electron chi connectivity index (χ2n) is 3.34. The smallest absolute Gasteiger partial charge is 0.264 e. The highest BCUT2D eigenvalue weighted by Gasteiger charge is 2.17. The molecule has 0 unspecified atom stereocenters. The minimum absolute atomic E-state index is 0.120. The number of nitrogens with two attached hydrogens (primary N) is 1. The van der Waals surface area contributed by atoms with E-state index in [1.807, 2.05) is 0 Å². The summed E-state index contributed by atoms with van der Waals surface area (Å²) in [6, 6.07) is 4.61. The van der Waals surface area contributed by atoms with Crippen LogP contribution in [0.1, 0.15) is 9.67 Å². The first kappa shape index (κ1) is 11.4. The number of rotatable bonds is 2. The molecule has 0 fully saturated rings. The molecule has 0 radical (unpaired) electrons. The maximum Gasteiger partial charge on any atom is 0.264 e. The van der Waals surface area contributed by atoms with E-state index >= 15 is 0 Å². The van der Waals surface area contributed by atoms with Gasteiger partial charge in [-0.1, -0.05) is 12.0 Å². The molecular formula is C12H9FN2OS. The number of benzene rings is 1. The Labute approximate surface area is 101 Å². The van der Waals surface area contributed by atoms with Crippen LogP contribution in [0.15, 0.2) is 18.2 Å². The summed E-state index contributed by atoms with van der Waals surface area (Å²) in [5.74, 6) is 1.49. The van der Waals surface area contributed by atoms with Crippen LogP contribution in [0.5, 0.6) is 0 Å². The van der Waals surface area contributed by atoms with E-state index in [0.717, 1.165) is 11.3 Å². The normalized spacial score (nSPS) is 10.1. The molecule has 1 amide bonds. The number of anilines is 1. The van der Waals surface area contributed by atoms with Crippen LogP contribution >= 0.6 is 11.3 Å². The molecule has 3 N–H and O–H groups in total. The lowest BCUT2D eigenvalue weighted by Gasteiger charge is -1.99. The van der Waals surface area contributed by atoms with Gasteiger partial charge in [-0.25, -0.2) is 4.39 Å². The maximum absolute atomic E-state index is 13.5. The molecule has 0 spiro atoms. The largest absolute Gasteiger partial charge is 0.397 e. The summed E-state index contributed by atoms with van der Waals surface area (Å²) >= 11 is 1.15. The fraction of sp³-hybridized carbons (Fsp3) is 0.0833. The summed E-state index contributed by atoms with van der Waals surface area (Å²) in [6.07, 6.45) is 5.04. The first-order valence-corrected chi connectivity index (χ1v) is 5.65. The lowest BCUT2D eigenvalue weighted by Crippen LogP contribution is -2.23. The Bertz CT molecular complexity index is 627. The van der Waals surface area contributed by atoms with Crippen LogP contribution in [0.25, 0.3) is 10.1 Å². The number of carbonyl (C=O) groups is 1. The molecule has 5 heteroatoms. The van der Waals surface area contributed by atoms with Crippen LogP contribution in [0.3, 0.4) is 0 Å². The molecule has 0 atom stereocenters. The average Bonchev–Trinajstić information content (AvgIpc) is 2.65. The lowest BCUT2D eigenvalue weighted by molar-refractivity contribution is 0.0963. The predicted molar refractivity (Wildman–Crippen MR) is 67.4 cm³/mol. The minimum Gasteiger partial charge on any atom is -0.397 e. The average molecular weight is 248 g/mol. The van der Waals surface area contributed by atoms with E-state index in [0.29, 0.717) is 15.0 Å². The number of nitrogen functional groups attached to an aromatic ring is 1. The van der Waals surface area contributed by atoms with E-state index in [9.17, 15) is 9.18 Å². The van der Waals surface area contributed by atoms with E-state index in [1.165, 1.54) is 6.07 Å². The zero-order valence-corrected chi connectivity index (χ0v) is 9.60. The van der Waals surface area contributed by atoms with E-state index < -0.39 is 5.82 Å². The summed E-state index contributed by atoms with van der Waals surface area (Å²) in [6.45, 7) is 0.120. The van der Waals surface area contributed by atoms with E-state index in [-0.39, 0.29) is 18.1 Å². The number of hydrogen-bond donors (Lipinski definition) is 2. The van der Waals surface area contributed by atoms with Crippen molar-refractivity contribution in [2.75, 3.05) is 12.3 Å². The molecule has 1 aromatic carbocycles. The van der Waals surface area contributed by atoms with Gasteiger partial charge in [0.25, 0.3) is 5.91 Å². The topological polar surface area (TPSA) is 55.1 Å². The Morgan fingerprint density at radius 2 is 2.35 bits per heavy atom. The van der Waals surface area contributed by atoms with Crippen LogP contribution in [0.4, 0.5) is 10.1 Å². The molecule has 3 nitrogen and oxygen atoms in total. The van der Waals surface area contributed by atoms with Gasteiger partial charge in [-0.05, 0) is 12.1 Å². The SMILES string of the molecule is C#CCNC(=O)c1sc2cccc(F)c2c1N. The number of fused-ring (bicyclic) bond motifs is 1. The molecule has 0 saturated heterocycles. The molecule has 0 saturated carbocycles. The quantitative estimate of drug-likeness (QED) is 0.798. The van der Waals surface area contributed by atoms with Gasteiger partial charge in [0.15, 0.2) is 0 Å². The minimum atomic E-state index is -0.424. The van der Waals surface area contributed by atoms with Crippen molar-refractivity contribution in [2.45, 2.75) is 0 Å².